The van der Waals surface area contributed by atoms with Crippen LogP contribution in [-0.2, 0) is 22.6 Å². The van der Waals surface area contributed by atoms with Crippen LogP contribution in [-0.4, -0.2) is 27.5 Å². The van der Waals surface area contributed by atoms with Crippen molar-refractivity contribution in [2.24, 2.45) is 0 Å². The molecule has 4 aromatic rings. The summed E-state index contributed by atoms with van der Waals surface area (Å²) >= 11 is 0. The average Bonchev–Trinajstić information content (AvgIpc) is 3.33. The van der Waals surface area contributed by atoms with E-state index in [1.54, 1.807) is 24.4 Å². The number of ether oxygens (including phenoxy) is 1. The van der Waals surface area contributed by atoms with Gasteiger partial charge in [0.05, 0.1) is 18.0 Å². The summed E-state index contributed by atoms with van der Waals surface area (Å²) in [5.74, 6) is -1.28. The highest BCUT2D eigenvalue weighted by Gasteiger charge is 2.17. The molecule has 0 fully saturated rings. The van der Waals surface area contributed by atoms with Crippen molar-refractivity contribution < 1.29 is 18.7 Å². The smallest absolute Gasteiger partial charge is 0.419 e. The van der Waals surface area contributed by atoms with E-state index >= 15 is 0 Å². The first-order chi connectivity index (χ1) is 15.6. The Hall–Kier alpha value is -4.12. The number of fused-ring (bicyclic) bond motifs is 2. The van der Waals surface area contributed by atoms with Gasteiger partial charge in [0, 0.05) is 42.2 Å². The van der Waals surface area contributed by atoms with Gasteiger partial charge in [-0.2, -0.15) is 5.26 Å². The summed E-state index contributed by atoms with van der Waals surface area (Å²) in [6, 6.07) is 16.6. The van der Waals surface area contributed by atoms with Crippen molar-refractivity contribution in [1.29, 1.82) is 5.26 Å². The molecule has 2 heterocycles. The minimum absolute atomic E-state index is 0.0726. The number of aromatic nitrogens is 2. The second-order valence-corrected chi connectivity index (χ2v) is 7.34. The lowest BCUT2D eigenvalue weighted by Gasteiger charge is -2.05. The summed E-state index contributed by atoms with van der Waals surface area (Å²) in [7, 11) is 0. The molecule has 8 heteroatoms. The fourth-order valence-electron chi connectivity index (χ4n) is 3.73. The standard InChI is InChI=1S/C24H21N3O5/c25-12-6-13-26-15-18(17-7-1-2-8-19(17)26)21(28)16-31-23(29)11-5-14-27-20-9-3-4-10-22(20)32-24(27)30/h1-4,7-10,15H,5-6,11,13-14,16H2. The lowest BCUT2D eigenvalue weighted by atomic mass is 10.1. The number of carbonyl (C=O) groups is 2. The number of hydrogen-bond acceptors (Lipinski definition) is 6. The third-order valence-corrected chi connectivity index (χ3v) is 5.25. The fraction of sp³-hybridized carbons (Fsp3) is 0.250. The van der Waals surface area contributed by atoms with Crippen LogP contribution < -0.4 is 5.76 Å². The second-order valence-electron chi connectivity index (χ2n) is 7.34. The van der Waals surface area contributed by atoms with Crippen LogP contribution in [0.25, 0.3) is 22.0 Å². The highest BCUT2D eigenvalue weighted by molar-refractivity contribution is 6.09. The zero-order chi connectivity index (χ0) is 22.5. The van der Waals surface area contributed by atoms with E-state index in [1.807, 2.05) is 34.9 Å². The van der Waals surface area contributed by atoms with E-state index in [-0.39, 0.29) is 18.8 Å². The van der Waals surface area contributed by atoms with Crippen LogP contribution in [0.5, 0.6) is 0 Å². The summed E-state index contributed by atoms with van der Waals surface area (Å²) in [5.41, 5.74) is 2.49. The first-order valence-corrected chi connectivity index (χ1v) is 10.3. The summed E-state index contributed by atoms with van der Waals surface area (Å²) in [5, 5.41) is 9.61. The molecule has 2 aromatic heterocycles. The number of esters is 1. The van der Waals surface area contributed by atoms with Crippen LogP contribution in [0.1, 0.15) is 29.6 Å². The highest BCUT2D eigenvalue weighted by atomic mass is 16.5. The van der Waals surface area contributed by atoms with Crippen molar-refractivity contribution in [2.45, 2.75) is 32.4 Å². The van der Waals surface area contributed by atoms with Gasteiger partial charge >= 0.3 is 11.7 Å². The molecule has 0 N–H and O–H groups in total. The topological polar surface area (TPSA) is 107 Å². The van der Waals surface area contributed by atoms with Gasteiger partial charge in [0.2, 0.25) is 5.78 Å². The molecule has 0 saturated heterocycles. The van der Waals surface area contributed by atoms with Crippen molar-refractivity contribution in [3.05, 3.63) is 70.8 Å². The van der Waals surface area contributed by atoms with Crippen LogP contribution >= 0.6 is 0 Å². The van der Waals surface area contributed by atoms with Gasteiger partial charge in [-0.05, 0) is 24.6 Å². The Balaban J connectivity index is 1.34. The van der Waals surface area contributed by atoms with Crippen LogP contribution in [0.4, 0.5) is 0 Å². The van der Waals surface area contributed by atoms with Gasteiger partial charge in [-0.15, -0.1) is 0 Å². The van der Waals surface area contributed by atoms with Gasteiger partial charge < -0.3 is 13.7 Å². The van der Waals surface area contributed by atoms with Gasteiger partial charge in [-0.25, -0.2) is 4.79 Å². The number of hydrogen-bond donors (Lipinski definition) is 0. The molecule has 0 aliphatic rings. The molecule has 0 unspecified atom stereocenters. The Bertz CT molecular complexity index is 1390. The molecule has 162 valence electrons. The maximum absolute atomic E-state index is 12.7. The Morgan fingerprint density at radius 3 is 2.59 bits per heavy atom. The molecule has 0 amide bonds. The molecule has 0 bridgehead atoms. The summed E-state index contributed by atoms with van der Waals surface area (Å²) < 4.78 is 13.7. The van der Waals surface area contributed by atoms with Crippen molar-refractivity contribution in [1.82, 2.24) is 9.13 Å². The molecule has 0 aliphatic heterocycles. The minimum atomic E-state index is -0.507. The number of Topliss-reactive ketones (excluding diaryl/α,β-unsaturated/α-hetero) is 1. The number of oxazole rings is 1. The van der Waals surface area contributed by atoms with E-state index in [0.29, 0.717) is 42.6 Å². The molecule has 2 aromatic carbocycles. The lowest BCUT2D eigenvalue weighted by Crippen LogP contribution is -2.17. The summed E-state index contributed by atoms with van der Waals surface area (Å²) in [6.45, 7) is 0.428. The zero-order valence-electron chi connectivity index (χ0n) is 17.3. The van der Waals surface area contributed by atoms with Crippen molar-refractivity contribution in [2.75, 3.05) is 6.61 Å². The van der Waals surface area contributed by atoms with Crippen LogP contribution in [0.3, 0.4) is 0 Å². The first kappa shape index (κ1) is 21.1. The predicted molar refractivity (Wildman–Crippen MR) is 117 cm³/mol. The number of rotatable bonds is 9. The number of ketones is 1. The van der Waals surface area contributed by atoms with Gasteiger partial charge in [0.25, 0.3) is 0 Å². The van der Waals surface area contributed by atoms with E-state index < -0.39 is 11.7 Å². The summed E-state index contributed by atoms with van der Waals surface area (Å²) in [6.07, 6.45) is 2.48. The second kappa shape index (κ2) is 9.35. The van der Waals surface area contributed by atoms with E-state index in [2.05, 4.69) is 6.07 Å². The molecule has 0 aliphatic carbocycles. The number of carbonyl (C=O) groups excluding carboxylic acids is 2. The quantitative estimate of drug-likeness (QED) is 0.296. The Kier molecular flexibility index (Phi) is 6.17. The molecule has 0 spiro atoms. The number of nitriles is 1. The molecule has 0 atom stereocenters. The van der Waals surface area contributed by atoms with Crippen molar-refractivity contribution >= 4 is 33.8 Å². The van der Waals surface area contributed by atoms with Crippen LogP contribution in [0, 0.1) is 11.3 Å². The van der Waals surface area contributed by atoms with Gasteiger partial charge in [-0.3, -0.25) is 14.2 Å². The lowest BCUT2D eigenvalue weighted by molar-refractivity contribution is -0.142. The predicted octanol–water partition coefficient (Wildman–Crippen LogP) is 3.67. The third kappa shape index (κ3) is 4.32. The summed E-state index contributed by atoms with van der Waals surface area (Å²) in [4.78, 5) is 36.8. The van der Waals surface area contributed by atoms with Crippen LogP contribution in [0.2, 0.25) is 0 Å². The normalized spacial score (nSPS) is 11.0. The average molecular weight is 431 g/mol. The largest absolute Gasteiger partial charge is 0.457 e. The number of para-hydroxylation sites is 3. The van der Waals surface area contributed by atoms with Gasteiger partial charge in [0.1, 0.15) is 0 Å². The molecule has 32 heavy (non-hydrogen) atoms. The van der Waals surface area contributed by atoms with Gasteiger partial charge in [0.15, 0.2) is 12.2 Å². The van der Waals surface area contributed by atoms with E-state index in [4.69, 9.17) is 14.4 Å². The maximum atomic E-state index is 12.7. The number of benzene rings is 2. The zero-order valence-corrected chi connectivity index (χ0v) is 17.3. The van der Waals surface area contributed by atoms with Crippen molar-refractivity contribution in [3.63, 3.8) is 0 Å². The Morgan fingerprint density at radius 1 is 1.03 bits per heavy atom. The molecule has 8 nitrogen and oxygen atoms in total. The van der Waals surface area contributed by atoms with E-state index in [0.717, 1.165) is 10.9 Å². The minimum Gasteiger partial charge on any atom is -0.457 e. The third-order valence-electron chi connectivity index (χ3n) is 5.25. The number of nitrogens with zero attached hydrogens (tertiary/aromatic N) is 3. The number of aryl methyl sites for hydroxylation is 2. The first-order valence-electron chi connectivity index (χ1n) is 10.3. The Labute approximate surface area is 183 Å². The molecule has 4 rings (SSSR count). The maximum Gasteiger partial charge on any atom is 0.419 e. The molecule has 0 saturated carbocycles. The monoisotopic (exact) mass is 431 g/mol. The van der Waals surface area contributed by atoms with E-state index in [9.17, 15) is 14.4 Å². The molecular weight excluding hydrogens is 410 g/mol. The molecular formula is C24H21N3O5. The SMILES string of the molecule is N#CCCn1cc(C(=O)COC(=O)CCCn2c(=O)oc3ccccc32)c2ccccc21. The van der Waals surface area contributed by atoms with Crippen LogP contribution in [0.15, 0.2) is 63.9 Å². The molecule has 0 radical (unpaired) electrons. The Morgan fingerprint density at radius 2 is 1.78 bits per heavy atom. The van der Waals surface area contributed by atoms with E-state index in [1.165, 1.54) is 4.57 Å². The van der Waals surface area contributed by atoms with Crippen molar-refractivity contribution in [3.8, 4) is 6.07 Å². The van der Waals surface area contributed by atoms with Gasteiger partial charge in [-0.1, -0.05) is 30.3 Å². The fourth-order valence-corrected chi connectivity index (χ4v) is 3.73. The highest BCUT2D eigenvalue weighted by Crippen LogP contribution is 2.22.